The van der Waals surface area contributed by atoms with Gasteiger partial charge in [0, 0.05) is 68.6 Å². The fraction of sp³-hybridized carbons (Fsp3) is 0.684. The summed E-state index contributed by atoms with van der Waals surface area (Å²) in [4.78, 5) is 33.7. The average Bonchev–Trinajstić information content (AvgIpc) is 3.14. The minimum Gasteiger partial charge on any atom is -0.377 e. The first-order valence-electron chi connectivity index (χ1n) is 10.1. The van der Waals surface area contributed by atoms with E-state index in [1.54, 1.807) is 4.90 Å². The van der Waals surface area contributed by atoms with Crippen molar-refractivity contribution < 1.29 is 14.3 Å². The van der Waals surface area contributed by atoms with Gasteiger partial charge in [-0.3, -0.25) is 9.59 Å². The summed E-state index contributed by atoms with van der Waals surface area (Å²) in [6, 6.07) is 0. The number of nitrogens with one attached hydrogen (secondary N) is 1. The zero-order valence-corrected chi connectivity index (χ0v) is 16.9. The Balaban J connectivity index is 1.46. The monoisotopic (exact) mass is 405 g/mol. The van der Waals surface area contributed by atoms with E-state index < -0.39 is 0 Å². The summed E-state index contributed by atoms with van der Waals surface area (Å²) in [6.45, 7) is 3.99. The van der Waals surface area contributed by atoms with Crippen molar-refractivity contribution in [3.8, 4) is 0 Å². The molecule has 1 aromatic rings. The molecule has 1 aromatic heterocycles. The predicted octanol–water partition coefficient (Wildman–Crippen LogP) is 1.31. The highest BCUT2D eigenvalue weighted by Gasteiger charge is 2.26. The Labute approximate surface area is 169 Å². The lowest BCUT2D eigenvalue weighted by atomic mass is 9.85. The van der Waals surface area contributed by atoms with Crippen molar-refractivity contribution in [2.24, 2.45) is 0 Å². The maximum Gasteiger partial charge on any atom is 0.249 e. The minimum absolute atomic E-state index is 0.0176. The van der Waals surface area contributed by atoms with Gasteiger partial charge >= 0.3 is 0 Å². The lowest BCUT2D eigenvalue weighted by Gasteiger charge is -2.30. The SMILES string of the molecule is O=C1CCN(C(=O)C2=CCOCC2)CCN(c2nc(C3CCC3)ns2)CCN1. The maximum absolute atomic E-state index is 12.9. The molecule has 3 aliphatic rings. The second kappa shape index (κ2) is 9.00. The molecule has 28 heavy (non-hydrogen) atoms. The van der Waals surface area contributed by atoms with E-state index in [4.69, 9.17) is 9.72 Å². The largest absolute Gasteiger partial charge is 0.377 e. The molecule has 9 heteroatoms. The van der Waals surface area contributed by atoms with Gasteiger partial charge in [-0.2, -0.15) is 4.37 Å². The van der Waals surface area contributed by atoms with Crippen molar-refractivity contribution in [1.82, 2.24) is 19.6 Å². The molecule has 1 aliphatic carbocycles. The number of hydrogen-bond acceptors (Lipinski definition) is 7. The Hall–Kier alpha value is -2.00. The van der Waals surface area contributed by atoms with Crippen molar-refractivity contribution in [3.63, 3.8) is 0 Å². The van der Waals surface area contributed by atoms with Gasteiger partial charge in [-0.05, 0) is 12.8 Å². The normalized spacial score (nSPS) is 22.3. The molecular weight excluding hydrogens is 378 g/mol. The lowest BCUT2D eigenvalue weighted by molar-refractivity contribution is -0.128. The molecule has 3 heterocycles. The molecule has 1 saturated heterocycles. The van der Waals surface area contributed by atoms with Crippen molar-refractivity contribution >= 4 is 28.5 Å². The van der Waals surface area contributed by atoms with Crippen LogP contribution in [0.1, 0.15) is 43.8 Å². The molecule has 2 aliphatic heterocycles. The van der Waals surface area contributed by atoms with Crippen molar-refractivity contribution in [2.75, 3.05) is 50.8 Å². The number of carbonyl (C=O) groups excluding carboxylic acids is 2. The molecule has 1 saturated carbocycles. The summed E-state index contributed by atoms with van der Waals surface area (Å²) < 4.78 is 9.86. The molecule has 0 atom stereocenters. The zero-order chi connectivity index (χ0) is 19.3. The summed E-state index contributed by atoms with van der Waals surface area (Å²) >= 11 is 1.42. The Kier molecular flexibility index (Phi) is 6.21. The molecule has 4 rings (SSSR count). The number of hydrogen-bond donors (Lipinski definition) is 1. The predicted molar refractivity (Wildman–Crippen MR) is 106 cm³/mol. The van der Waals surface area contributed by atoms with Crippen molar-refractivity contribution in [1.29, 1.82) is 0 Å². The molecule has 0 bridgehead atoms. The second-order valence-electron chi connectivity index (χ2n) is 7.50. The maximum atomic E-state index is 12.9. The zero-order valence-electron chi connectivity index (χ0n) is 16.1. The van der Waals surface area contributed by atoms with Crippen LogP contribution in [-0.4, -0.2) is 72.0 Å². The van der Waals surface area contributed by atoms with Crippen LogP contribution < -0.4 is 10.2 Å². The van der Waals surface area contributed by atoms with Crippen LogP contribution in [0.15, 0.2) is 11.6 Å². The van der Waals surface area contributed by atoms with Gasteiger partial charge in [-0.1, -0.05) is 12.5 Å². The number of amides is 2. The van der Waals surface area contributed by atoms with E-state index in [0.717, 1.165) is 16.5 Å². The van der Waals surface area contributed by atoms with Gasteiger partial charge in [-0.15, -0.1) is 0 Å². The topological polar surface area (TPSA) is 87.7 Å². The molecule has 0 aromatic carbocycles. The molecule has 152 valence electrons. The molecule has 0 unspecified atom stereocenters. The first kappa shape index (κ1) is 19.3. The van der Waals surface area contributed by atoms with E-state index >= 15 is 0 Å². The first-order chi connectivity index (χ1) is 13.7. The molecule has 8 nitrogen and oxygen atoms in total. The van der Waals surface area contributed by atoms with Crippen LogP contribution in [0, 0.1) is 0 Å². The van der Waals surface area contributed by atoms with Gasteiger partial charge in [0.05, 0.1) is 13.2 Å². The van der Waals surface area contributed by atoms with Crippen LogP contribution in [0.5, 0.6) is 0 Å². The molecule has 0 radical (unpaired) electrons. The average molecular weight is 406 g/mol. The standard InChI is InChI=1S/C19H27N5O3S/c25-16-4-8-23(18(26)15-5-12-27-13-6-15)10-11-24(9-7-20-16)19-21-17(22-28-19)14-2-1-3-14/h5,14H,1-4,6-13H2,(H,20,25). The molecule has 0 spiro atoms. The van der Waals surface area contributed by atoms with E-state index in [-0.39, 0.29) is 11.8 Å². The number of ether oxygens (including phenoxy) is 1. The van der Waals surface area contributed by atoms with Crippen LogP contribution in [0.25, 0.3) is 0 Å². The van der Waals surface area contributed by atoms with Crippen LogP contribution in [0.3, 0.4) is 0 Å². The minimum atomic E-state index is -0.0203. The van der Waals surface area contributed by atoms with Crippen LogP contribution in [-0.2, 0) is 14.3 Å². The Morgan fingerprint density at radius 1 is 1.21 bits per heavy atom. The Morgan fingerprint density at radius 3 is 2.86 bits per heavy atom. The third-order valence-electron chi connectivity index (χ3n) is 5.65. The molecular formula is C19H27N5O3S. The van der Waals surface area contributed by atoms with Crippen LogP contribution in [0.4, 0.5) is 5.13 Å². The summed E-state index contributed by atoms with van der Waals surface area (Å²) in [7, 11) is 0. The summed E-state index contributed by atoms with van der Waals surface area (Å²) in [6.07, 6.45) is 6.43. The Morgan fingerprint density at radius 2 is 2.11 bits per heavy atom. The van der Waals surface area contributed by atoms with Gasteiger partial charge < -0.3 is 19.9 Å². The van der Waals surface area contributed by atoms with E-state index in [0.29, 0.717) is 64.7 Å². The van der Waals surface area contributed by atoms with Crippen LogP contribution >= 0.6 is 11.5 Å². The fourth-order valence-corrected chi connectivity index (χ4v) is 4.42. The Bertz CT molecular complexity index is 746. The molecule has 2 fully saturated rings. The van der Waals surface area contributed by atoms with E-state index in [1.165, 1.54) is 30.8 Å². The van der Waals surface area contributed by atoms with E-state index in [1.807, 2.05) is 6.08 Å². The number of nitrogens with zero attached hydrogens (tertiary/aromatic N) is 4. The number of carbonyl (C=O) groups is 2. The van der Waals surface area contributed by atoms with E-state index in [2.05, 4.69) is 14.6 Å². The number of aromatic nitrogens is 2. The summed E-state index contributed by atoms with van der Waals surface area (Å²) in [5.41, 5.74) is 0.790. The lowest BCUT2D eigenvalue weighted by Crippen LogP contribution is -2.45. The van der Waals surface area contributed by atoms with Gasteiger partial charge in [-0.25, -0.2) is 4.98 Å². The number of rotatable bonds is 3. The molecule has 2 amide bonds. The molecule has 1 N–H and O–H groups in total. The van der Waals surface area contributed by atoms with Gasteiger partial charge in [0.1, 0.15) is 5.82 Å². The first-order valence-corrected chi connectivity index (χ1v) is 10.9. The highest BCUT2D eigenvalue weighted by atomic mass is 32.1. The quantitative estimate of drug-likeness (QED) is 0.816. The third kappa shape index (κ3) is 4.52. The van der Waals surface area contributed by atoms with Crippen molar-refractivity contribution in [3.05, 3.63) is 17.5 Å². The third-order valence-corrected chi connectivity index (χ3v) is 6.44. The highest BCUT2D eigenvalue weighted by molar-refractivity contribution is 7.09. The second-order valence-corrected chi connectivity index (χ2v) is 8.23. The van der Waals surface area contributed by atoms with Gasteiger partial charge in [0.15, 0.2) is 0 Å². The number of anilines is 1. The summed E-state index contributed by atoms with van der Waals surface area (Å²) in [5, 5.41) is 3.83. The fourth-order valence-electron chi connectivity index (χ4n) is 3.63. The van der Waals surface area contributed by atoms with Gasteiger partial charge in [0.25, 0.3) is 0 Å². The van der Waals surface area contributed by atoms with Crippen molar-refractivity contribution in [2.45, 2.75) is 38.0 Å². The van der Waals surface area contributed by atoms with Gasteiger partial charge in [0.2, 0.25) is 16.9 Å². The summed E-state index contributed by atoms with van der Waals surface area (Å²) in [5.74, 6) is 1.45. The smallest absolute Gasteiger partial charge is 0.249 e. The van der Waals surface area contributed by atoms with E-state index in [9.17, 15) is 9.59 Å². The highest BCUT2D eigenvalue weighted by Crippen LogP contribution is 2.36. The van der Waals surface area contributed by atoms with Crippen LogP contribution in [0.2, 0.25) is 0 Å².